The van der Waals surface area contributed by atoms with Gasteiger partial charge in [0.2, 0.25) is 0 Å². The van der Waals surface area contributed by atoms with Crippen LogP contribution in [0.1, 0.15) is 21.6 Å². The van der Waals surface area contributed by atoms with Gasteiger partial charge in [0, 0.05) is 24.5 Å². The molecule has 0 amide bonds. The minimum Gasteiger partial charge on any atom is -0.312 e. The SMILES string of the molecule is CN(Cc1ccc(Cl)s1)Cc1cccc2c1CCNC2. The van der Waals surface area contributed by atoms with Gasteiger partial charge >= 0.3 is 0 Å². The summed E-state index contributed by atoms with van der Waals surface area (Å²) >= 11 is 7.66. The predicted octanol–water partition coefficient (Wildman–Crippen LogP) is 3.68. The molecule has 0 radical (unpaired) electrons. The van der Waals surface area contributed by atoms with Crippen molar-refractivity contribution in [2.75, 3.05) is 13.6 Å². The fraction of sp³-hybridized carbons (Fsp3) is 0.375. The van der Waals surface area contributed by atoms with Crippen LogP contribution in [-0.2, 0) is 26.1 Å². The number of hydrogen-bond acceptors (Lipinski definition) is 3. The molecule has 1 N–H and O–H groups in total. The summed E-state index contributed by atoms with van der Waals surface area (Å²) in [5, 5.41) is 3.44. The van der Waals surface area contributed by atoms with Crippen molar-refractivity contribution < 1.29 is 0 Å². The molecule has 20 heavy (non-hydrogen) atoms. The number of fused-ring (bicyclic) bond motifs is 1. The van der Waals surface area contributed by atoms with Crippen LogP contribution < -0.4 is 5.32 Å². The van der Waals surface area contributed by atoms with Gasteiger partial charge in [-0.25, -0.2) is 0 Å². The van der Waals surface area contributed by atoms with E-state index in [2.05, 4.69) is 41.5 Å². The molecule has 1 aliphatic rings. The third-order valence-electron chi connectivity index (χ3n) is 3.73. The number of halogens is 1. The molecule has 1 aromatic carbocycles. The van der Waals surface area contributed by atoms with Gasteiger partial charge in [0.1, 0.15) is 0 Å². The van der Waals surface area contributed by atoms with Crippen molar-refractivity contribution in [3.63, 3.8) is 0 Å². The van der Waals surface area contributed by atoms with Crippen LogP contribution in [0.4, 0.5) is 0 Å². The molecule has 1 aromatic heterocycles. The van der Waals surface area contributed by atoms with Gasteiger partial charge in [0.05, 0.1) is 4.34 Å². The summed E-state index contributed by atoms with van der Waals surface area (Å²) in [7, 11) is 2.17. The molecule has 0 bridgehead atoms. The van der Waals surface area contributed by atoms with Crippen LogP contribution in [0.2, 0.25) is 4.34 Å². The van der Waals surface area contributed by atoms with Gasteiger partial charge in [-0.3, -0.25) is 4.90 Å². The van der Waals surface area contributed by atoms with Crippen LogP contribution in [0, 0.1) is 0 Å². The zero-order valence-corrected chi connectivity index (χ0v) is 13.2. The van der Waals surface area contributed by atoms with Crippen LogP contribution in [0.5, 0.6) is 0 Å². The Morgan fingerprint density at radius 1 is 1.25 bits per heavy atom. The van der Waals surface area contributed by atoms with E-state index in [1.807, 2.05) is 6.07 Å². The molecule has 0 fully saturated rings. The highest BCUT2D eigenvalue weighted by molar-refractivity contribution is 7.16. The number of thiophene rings is 1. The van der Waals surface area contributed by atoms with Gasteiger partial charge < -0.3 is 5.32 Å². The lowest BCUT2D eigenvalue weighted by atomic mass is 9.95. The van der Waals surface area contributed by atoms with Crippen molar-refractivity contribution in [2.24, 2.45) is 0 Å². The summed E-state index contributed by atoms with van der Waals surface area (Å²) in [6.07, 6.45) is 1.14. The largest absolute Gasteiger partial charge is 0.312 e. The van der Waals surface area contributed by atoms with Crippen LogP contribution >= 0.6 is 22.9 Å². The van der Waals surface area contributed by atoms with Crippen LogP contribution in [0.3, 0.4) is 0 Å². The summed E-state index contributed by atoms with van der Waals surface area (Å²) < 4.78 is 0.872. The van der Waals surface area contributed by atoms with Crippen molar-refractivity contribution in [1.29, 1.82) is 0 Å². The molecule has 0 unspecified atom stereocenters. The van der Waals surface area contributed by atoms with E-state index in [9.17, 15) is 0 Å². The second-order valence-electron chi connectivity index (χ2n) is 5.36. The smallest absolute Gasteiger partial charge is 0.0931 e. The molecule has 0 aliphatic carbocycles. The second kappa shape index (κ2) is 6.27. The van der Waals surface area contributed by atoms with Gasteiger partial charge in [-0.1, -0.05) is 29.8 Å². The van der Waals surface area contributed by atoms with Crippen LogP contribution in [0.25, 0.3) is 0 Å². The summed E-state index contributed by atoms with van der Waals surface area (Å²) in [6, 6.07) is 10.8. The number of nitrogens with zero attached hydrogens (tertiary/aromatic N) is 1. The third-order valence-corrected chi connectivity index (χ3v) is 4.95. The first-order valence-corrected chi connectivity index (χ1v) is 8.15. The molecule has 1 aliphatic heterocycles. The summed E-state index contributed by atoms with van der Waals surface area (Å²) in [5.74, 6) is 0. The van der Waals surface area contributed by atoms with Crippen LogP contribution in [0.15, 0.2) is 30.3 Å². The fourth-order valence-electron chi connectivity index (χ4n) is 2.81. The molecule has 2 heterocycles. The molecular formula is C16H19ClN2S. The van der Waals surface area contributed by atoms with E-state index in [0.717, 1.165) is 36.9 Å². The summed E-state index contributed by atoms with van der Waals surface area (Å²) in [5.41, 5.74) is 4.47. The van der Waals surface area contributed by atoms with Gasteiger partial charge in [0.25, 0.3) is 0 Å². The van der Waals surface area contributed by atoms with E-state index in [4.69, 9.17) is 11.6 Å². The molecule has 106 valence electrons. The average molecular weight is 307 g/mol. The molecule has 4 heteroatoms. The van der Waals surface area contributed by atoms with Crippen molar-refractivity contribution in [3.8, 4) is 0 Å². The molecule has 3 rings (SSSR count). The van der Waals surface area contributed by atoms with Crippen molar-refractivity contribution in [2.45, 2.75) is 26.1 Å². The Labute approximate surface area is 129 Å². The summed E-state index contributed by atoms with van der Waals surface area (Å²) in [6.45, 7) is 4.06. The zero-order chi connectivity index (χ0) is 13.9. The molecule has 0 spiro atoms. The first-order valence-electron chi connectivity index (χ1n) is 6.95. The van der Waals surface area contributed by atoms with Gasteiger partial charge in [-0.05, 0) is 48.8 Å². The van der Waals surface area contributed by atoms with Crippen molar-refractivity contribution in [1.82, 2.24) is 10.2 Å². The van der Waals surface area contributed by atoms with Crippen LogP contribution in [-0.4, -0.2) is 18.5 Å². The molecule has 0 atom stereocenters. The number of hydrogen-bond donors (Lipinski definition) is 1. The minimum absolute atomic E-state index is 0.872. The van der Waals surface area contributed by atoms with Crippen molar-refractivity contribution >= 4 is 22.9 Å². The van der Waals surface area contributed by atoms with E-state index in [-0.39, 0.29) is 0 Å². The second-order valence-corrected chi connectivity index (χ2v) is 7.16. The lowest BCUT2D eigenvalue weighted by Crippen LogP contribution is -2.26. The van der Waals surface area contributed by atoms with Gasteiger partial charge in [0.15, 0.2) is 0 Å². The molecule has 2 aromatic rings. The lowest BCUT2D eigenvalue weighted by molar-refractivity contribution is 0.320. The highest BCUT2D eigenvalue weighted by atomic mass is 35.5. The van der Waals surface area contributed by atoms with E-state index >= 15 is 0 Å². The number of nitrogens with one attached hydrogen (secondary N) is 1. The van der Waals surface area contributed by atoms with E-state index < -0.39 is 0 Å². The van der Waals surface area contributed by atoms with E-state index in [1.165, 1.54) is 16.0 Å². The van der Waals surface area contributed by atoms with Gasteiger partial charge in [-0.15, -0.1) is 11.3 Å². The van der Waals surface area contributed by atoms with Crippen molar-refractivity contribution in [3.05, 3.63) is 56.2 Å². The Morgan fingerprint density at radius 2 is 2.15 bits per heavy atom. The third kappa shape index (κ3) is 3.23. The summed E-state index contributed by atoms with van der Waals surface area (Å²) in [4.78, 5) is 3.68. The quantitative estimate of drug-likeness (QED) is 0.927. The zero-order valence-electron chi connectivity index (χ0n) is 11.7. The molecule has 0 saturated heterocycles. The standard InChI is InChI=1S/C16H19ClN2S/c1-19(11-14-5-6-16(17)20-14)10-13-4-2-3-12-9-18-8-7-15(12)13/h2-6,18H,7-11H2,1H3. The molecule has 2 nitrogen and oxygen atoms in total. The molecule has 0 saturated carbocycles. The number of rotatable bonds is 4. The highest BCUT2D eigenvalue weighted by Crippen LogP contribution is 2.24. The Morgan fingerprint density at radius 3 is 2.95 bits per heavy atom. The topological polar surface area (TPSA) is 15.3 Å². The minimum atomic E-state index is 0.872. The normalized spacial score (nSPS) is 14.6. The monoisotopic (exact) mass is 306 g/mol. The maximum Gasteiger partial charge on any atom is 0.0931 e. The fourth-order valence-corrected chi connectivity index (χ4v) is 3.98. The lowest BCUT2D eigenvalue weighted by Gasteiger charge is -2.23. The highest BCUT2D eigenvalue weighted by Gasteiger charge is 2.13. The van der Waals surface area contributed by atoms with E-state index in [0.29, 0.717) is 0 Å². The van der Waals surface area contributed by atoms with E-state index in [1.54, 1.807) is 16.9 Å². The predicted molar refractivity (Wildman–Crippen MR) is 86.4 cm³/mol. The Hall–Kier alpha value is -0.870. The maximum atomic E-state index is 5.99. The Kier molecular flexibility index (Phi) is 4.41. The Balaban J connectivity index is 1.71. The first-order chi connectivity index (χ1) is 9.72. The van der Waals surface area contributed by atoms with Gasteiger partial charge in [-0.2, -0.15) is 0 Å². The average Bonchev–Trinajstić information content (AvgIpc) is 2.84. The number of benzene rings is 1. The molecular weight excluding hydrogens is 288 g/mol. The maximum absolute atomic E-state index is 5.99. The Bertz CT molecular complexity index is 594. The first kappa shape index (κ1) is 14.1.